The predicted octanol–water partition coefficient (Wildman–Crippen LogP) is 1.23. The van der Waals surface area contributed by atoms with Gasteiger partial charge in [-0.05, 0) is 43.7 Å². The molecule has 0 atom stereocenters. The molecule has 1 fully saturated rings. The van der Waals surface area contributed by atoms with Crippen molar-refractivity contribution in [3.8, 4) is 17.2 Å². The zero-order valence-corrected chi connectivity index (χ0v) is 20.7. The van der Waals surface area contributed by atoms with Gasteiger partial charge >= 0.3 is 5.97 Å². The van der Waals surface area contributed by atoms with Crippen molar-refractivity contribution in [1.82, 2.24) is 4.90 Å². The molecular weight excluding hydrogens is 464 g/mol. The first-order valence-electron chi connectivity index (χ1n) is 12.3. The van der Waals surface area contributed by atoms with Gasteiger partial charge < -0.3 is 29.0 Å². The van der Waals surface area contributed by atoms with Crippen LogP contribution in [0.15, 0.2) is 45.6 Å². The summed E-state index contributed by atoms with van der Waals surface area (Å²) in [5.41, 5.74) is 0.825. The molecule has 1 aliphatic heterocycles. The molecule has 2 N–H and O–H groups in total. The number of ether oxygens (including phenoxy) is 2. The fourth-order valence-electron chi connectivity index (χ4n) is 4.39. The molecule has 1 aliphatic rings. The van der Waals surface area contributed by atoms with E-state index in [4.69, 9.17) is 19.0 Å². The molecule has 0 radical (unpaired) electrons. The van der Waals surface area contributed by atoms with E-state index in [1.165, 1.54) is 17.0 Å². The SMILES string of the molecule is CCCOC(=O)c1ccc(Oc2c(C)oc3c(C[NH+]4CCN(CCO)CC4)c([O-])ccc3c2=O)cc1. The van der Waals surface area contributed by atoms with Gasteiger partial charge in [-0.15, -0.1) is 0 Å². The molecule has 2 heterocycles. The number of benzene rings is 2. The Hall–Kier alpha value is -3.40. The van der Waals surface area contributed by atoms with E-state index >= 15 is 0 Å². The van der Waals surface area contributed by atoms with Gasteiger partial charge in [0.2, 0.25) is 11.2 Å². The Bertz CT molecular complexity index is 1260. The molecule has 192 valence electrons. The number of rotatable bonds is 9. The smallest absolute Gasteiger partial charge is 0.338 e. The van der Waals surface area contributed by atoms with E-state index in [9.17, 15) is 14.7 Å². The van der Waals surface area contributed by atoms with Gasteiger partial charge in [0, 0.05) is 25.2 Å². The fraction of sp³-hybridized carbons (Fsp3) is 0.407. The van der Waals surface area contributed by atoms with Crippen LogP contribution in [0, 0.1) is 6.92 Å². The molecule has 0 amide bonds. The molecule has 9 heteroatoms. The van der Waals surface area contributed by atoms with E-state index in [0.717, 1.165) is 32.6 Å². The second kappa shape index (κ2) is 11.6. The highest BCUT2D eigenvalue weighted by Crippen LogP contribution is 2.29. The standard InChI is InChI=1S/C27H32N2O7/c1-3-16-34-27(33)19-4-6-20(7-5-19)36-25-18(2)35-26-21(24(25)32)8-9-23(31)22(26)17-29-12-10-28(11-13-29)14-15-30/h4-9,30-31H,3,10-17H2,1-2H3. The maximum atomic E-state index is 13.3. The number of hydrogen-bond donors (Lipinski definition) is 2. The van der Waals surface area contributed by atoms with Crippen molar-refractivity contribution in [3.05, 3.63) is 63.5 Å². The van der Waals surface area contributed by atoms with Gasteiger partial charge in [-0.1, -0.05) is 18.7 Å². The second-order valence-electron chi connectivity index (χ2n) is 8.99. The van der Waals surface area contributed by atoms with Crippen molar-refractivity contribution in [2.45, 2.75) is 26.8 Å². The molecule has 9 nitrogen and oxygen atoms in total. The van der Waals surface area contributed by atoms with Crippen molar-refractivity contribution >= 4 is 16.9 Å². The van der Waals surface area contributed by atoms with Crippen molar-refractivity contribution in [2.24, 2.45) is 0 Å². The lowest BCUT2D eigenvalue weighted by molar-refractivity contribution is -0.918. The van der Waals surface area contributed by atoms with Crippen LogP contribution in [0.5, 0.6) is 17.2 Å². The van der Waals surface area contributed by atoms with Gasteiger partial charge in [-0.3, -0.25) is 9.69 Å². The average molecular weight is 497 g/mol. The summed E-state index contributed by atoms with van der Waals surface area (Å²) in [6, 6.07) is 9.24. The summed E-state index contributed by atoms with van der Waals surface area (Å²) < 4.78 is 17.0. The second-order valence-corrected chi connectivity index (χ2v) is 8.99. The largest absolute Gasteiger partial charge is 0.872 e. The summed E-state index contributed by atoms with van der Waals surface area (Å²) in [6.07, 6.45) is 0.738. The Morgan fingerprint density at radius 3 is 2.56 bits per heavy atom. The van der Waals surface area contributed by atoms with E-state index in [-0.39, 0.29) is 29.3 Å². The molecule has 3 aromatic rings. The molecule has 4 rings (SSSR count). The third kappa shape index (κ3) is 5.70. The number of fused-ring (bicyclic) bond motifs is 1. The molecule has 1 aromatic heterocycles. The molecule has 0 bridgehead atoms. The van der Waals surface area contributed by atoms with Crippen LogP contribution in [0.4, 0.5) is 0 Å². The maximum absolute atomic E-state index is 13.3. The first-order chi connectivity index (χ1) is 17.4. The number of carbonyl (C=O) groups is 1. The Labute approximate surface area is 209 Å². The summed E-state index contributed by atoms with van der Waals surface area (Å²) >= 11 is 0. The van der Waals surface area contributed by atoms with E-state index in [2.05, 4.69) is 4.90 Å². The molecular formula is C27H32N2O7. The lowest BCUT2D eigenvalue weighted by atomic mass is 10.1. The number of aliphatic hydroxyl groups is 1. The number of nitrogens with one attached hydrogen (secondary N) is 1. The van der Waals surface area contributed by atoms with Crippen molar-refractivity contribution < 1.29 is 33.8 Å². The number of nitrogens with zero attached hydrogens (tertiary/aromatic N) is 1. The minimum absolute atomic E-state index is 0.0402. The average Bonchev–Trinajstić information content (AvgIpc) is 2.88. The summed E-state index contributed by atoms with van der Waals surface area (Å²) in [5.74, 6) is 0.117. The Balaban J connectivity index is 1.56. The summed E-state index contributed by atoms with van der Waals surface area (Å²) in [7, 11) is 0. The van der Waals surface area contributed by atoms with Gasteiger partial charge in [0.25, 0.3) is 0 Å². The highest BCUT2D eigenvalue weighted by atomic mass is 16.5. The van der Waals surface area contributed by atoms with E-state index in [0.29, 0.717) is 47.5 Å². The van der Waals surface area contributed by atoms with E-state index in [1.807, 2.05) is 6.92 Å². The summed E-state index contributed by atoms with van der Waals surface area (Å²) in [5, 5.41) is 22.2. The minimum atomic E-state index is -0.414. The number of β-amino-alcohol motifs (C(OH)–C–C–N with tert-alkyl or cyclic N) is 1. The lowest BCUT2D eigenvalue weighted by Crippen LogP contribution is -3.13. The highest BCUT2D eigenvalue weighted by molar-refractivity contribution is 5.89. The normalized spacial score (nSPS) is 14.8. The maximum Gasteiger partial charge on any atom is 0.338 e. The minimum Gasteiger partial charge on any atom is -0.872 e. The van der Waals surface area contributed by atoms with Crippen LogP contribution in [0.25, 0.3) is 11.0 Å². The molecule has 0 saturated carbocycles. The van der Waals surface area contributed by atoms with Gasteiger partial charge in [-0.25, -0.2) is 4.79 Å². The van der Waals surface area contributed by atoms with Crippen LogP contribution in [0.1, 0.15) is 35.0 Å². The van der Waals surface area contributed by atoms with Crippen LogP contribution in [0.3, 0.4) is 0 Å². The molecule has 2 aromatic carbocycles. The van der Waals surface area contributed by atoms with Crippen LogP contribution in [-0.2, 0) is 11.3 Å². The van der Waals surface area contributed by atoms with Crippen molar-refractivity contribution in [2.75, 3.05) is 45.9 Å². The first kappa shape index (κ1) is 25.7. The number of esters is 1. The number of aryl methyl sites for hydroxylation is 1. The van der Waals surface area contributed by atoms with Gasteiger partial charge in [0.15, 0.2) is 0 Å². The Morgan fingerprint density at radius 1 is 1.17 bits per heavy atom. The Morgan fingerprint density at radius 2 is 1.89 bits per heavy atom. The molecule has 0 aliphatic carbocycles. The molecule has 1 saturated heterocycles. The van der Waals surface area contributed by atoms with Crippen LogP contribution in [-0.4, -0.2) is 61.9 Å². The number of carbonyl (C=O) groups excluding carboxylic acids is 1. The predicted molar refractivity (Wildman–Crippen MR) is 132 cm³/mol. The number of piperazine rings is 1. The van der Waals surface area contributed by atoms with Crippen LogP contribution in [0.2, 0.25) is 0 Å². The monoisotopic (exact) mass is 496 g/mol. The van der Waals surface area contributed by atoms with Crippen molar-refractivity contribution in [1.29, 1.82) is 0 Å². The zero-order chi connectivity index (χ0) is 25.7. The zero-order valence-electron chi connectivity index (χ0n) is 20.7. The van der Waals surface area contributed by atoms with Crippen molar-refractivity contribution in [3.63, 3.8) is 0 Å². The number of quaternary nitrogens is 1. The highest BCUT2D eigenvalue weighted by Gasteiger charge is 2.23. The van der Waals surface area contributed by atoms with Gasteiger partial charge in [0.05, 0.1) is 37.3 Å². The first-order valence-corrected chi connectivity index (χ1v) is 12.3. The molecule has 36 heavy (non-hydrogen) atoms. The topological polar surface area (TPSA) is 117 Å². The molecule has 0 spiro atoms. The third-order valence-electron chi connectivity index (χ3n) is 6.40. The molecule has 0 unspecified atom stereocenters. The summed E-state index contributed by atoms with van der Waals surface area (Å²) in [6.45, 7) is 8.49. The lowest BCUT2D eigenvalue weighted by Gasteiger charge is -2.32. The summed E-state index contributed by atoms with van der Waals surface area (Å²) in [4.78, 5) is 28.7. The van der Waals surface area contributed by atoms with Gasteiger partial charge in [0.1, 0.15) is 23.6 Å². The number of aliphatic hydroxyl groups excluding tert-OH is 1. The Kier molecular flexibility index (Phi) is 8.25. The van der Waals surface area contributed by atoms with Crippen LogP contribution >= 0.6 is 0 Å². The van der Waals surface area contributed by atoms with E-state index < -0.39 is 5.97 Å². The van der Waals surface area contributed by atoms with E-state index in [1.54, 1.807) is 31.2 Å². The number of hydrogen-bond acceptors (Lipinski definition) is 8. The fourth-order valence-corrected chi connectivity index (χ4v) is 4.39. The van der Waals surface area contributed by atoms with Crippen LogP contribution < -0.4 is 20.2 Å². The third-order valence-corrected chi connectivity index (χ3v) is 6.40. The quantitative estimate of drug-likeness (QED) is 0.425. The van der Waals surface area contributed by atoms with Gasteiger partial charge in [-0.2, -0.15) is 0 Å².